The van der Waals surface area contributed by atoms with Gasteiger partial charge in [0.25, 0.3) is 5.91 Å². The third kappa shape index (κ3) is 4.24. The Labute approximate surface area is 148 Å². The number of amides is 1. The van der Waals surface area contributed by atoms with Gasteiger partial charge in [0.1, 0.15) is 0 Å². The summed E-state index contributed by atoms with van der Waals surface area (Å²) in [5.74, 6) is 0.0429. The van der Waals surface area contributed by atoms with Gasteiger partial charge >= 0.3 is 0 Å². The molecule has 1 saturated heterocycles. The number of rotatable bonds is 4. The number of aryl methyl sites for hydroxylation is 1. The molecule has 3 rings (SSSR count). The first-order chi connectivity index (χ1) is 12.0. The van der Waals surface area contributed by atoms with Gasteiger partial charge < -0.3 is 10.0 Å². The maximum atomic E-state index is 12.8. The van der Waals surface area contributed by atoms with E-state index < -0.39 is 0 Å². The van der Waals surface area contributed by atoms with E-state index >= 15 is 0 Å². The molecule has 5 nitrogen and oxygen atoms in total. The summed E-state index contributed by atoms with van der Waals surface area (Å²) < 4.78 is 0. The molecule has 132 valence electrons. The van der Waals surface area contributed by atoms with Crippen LogP contribution in [-0.4, -0.2) is 64.6 Å². The van der Waals surface area contributed by atoms with Gasteiger partial charge in [-0.05, 0) is 26.0 Å². The summed E-state index contributed by atoms with van der Waals surface area (Å²) in [5, 5.41) is 9.48. The van der Waals surface area contributed by atoms with Crippen molar-refractivity contribution in [1.82, 2.24) is 14.8 Å². The van der Waals surface area contributed by atoms with E-state index in [1.807, 2.05) is 54.3 Å². The summed E-state index contributed by atoms with van der Waals surface area (Å²) in [6.07, 6.45) is -0.334. The fourth-order valence-corrected chi connectivity index (χ4v) is 3.23. The number of aliphatic hydroxyl groups excluding tert-OH is 1. The van der Waals surface area contributed by atoms with Crippen molar-refractivity contribution < 1.29 is 9.90 Å². The van der Waals surface area contributed by atoms with Crippen molar-refractivity contribution in [3.63, 3.8) is 0 Å². The van der Waals surface area contributed by atoms with Gasteiger partial charge in [-0.2, -0.15) is 0 Å². The van der Waals surface area contributed by atoms with Gasteiger partial charge in [-0.15, -0.1) is 0 Å². The minimum atomic E-state index is -0.334. The molecule has 1 aromatic carbocycles. The Bertz CT molecular complexity index is 723. The highest BCUT2D eigenvalue weighted by atomic mass is 16.3. The van der Waals surface area contributed by atoms with Gasteiger partial charge in [0.2, 0.25) is 0 Å². The Morgan fingerprint density at radius 1 is 1.12 bits per heavy atom. The van der Waals surface area contributed by atoms with Crippen molar-refractivity contribution in [2.75, 3.05) is 32.7 Å². The Kier molecular flexibility index (Phi) is 5.46. The van der Waals surface area contributed by atoms with E-state index in [1.165, 1.54) is 0 Å². The number of aliphatic hydroxyl groups is 1. The standard InChI is InChI=1S/C20H25N3O2/c1-15(24)14-22-10-12-23(13-11-22)20(25)18-8-9-19(21-16(18)2)17-6-4-3-5-7-17/h3-9,15,24H,10-14H2,1-2H3. The molecule has 1 fully saturated rings. The van der Waals surface area contributed by atoms with Crippen molar-refractivity contribution in [3.05, 3.63) is 53.7 Å². The molecular formula is C20H25N3O2. The Hall–Kier alpha value is -2.24. The highest BCUT2D eigenvalue weighted by Gasteiger charge is 2.24. The number of benzene rings is 1. The van der Waals surface area contributed by atoms with E-state index in [9.17, 15) is 9.90 Å². The third-order valence-electron chi connectivity index (χ3n) is 4.57. The van der Waals surface area contributed by atoms with E-state index in [4.69, 9.17) is 0 Å². The Balaban J connectivity index is 1.69. The fraction of sp³-hybridized carbons (Fsp3) is 0.400. The Morgan fingerprint density at radius 3 is 2.40 bits per heavy atom. The highest BCUT2D eigenvalue weighted by molar-refractivity contribution is 5.95. The molecule has 0 spiro atoms. The maximum absolute atomic E-state index is 12.8. The highest BCUT2D eigenvalue weighted by Crippen LogP contribution is 2.20. The maximum Gasteiger partial charge on any atom is 0.255 e. The molecule has 1 N–H and O–H groups in total. The molecule has 1 aliphatic heterocycles. The first kappa shape index (κ1) is 17.6. The molecule has 0 aliphatic carbocycles. The molecule has 0 saturated carbocycles. The van der Waals surface area contributed by atoms with Crippen molar-refractivity contribution in [3.8, 4) is 11.3 Å². The number of carbonyl (C=O) groups excluding carboxylic acids is 1. The molecule has 2 heterocycles. The summed E-state index contributed by atoms with van der Waals surface area (Å²) in [7, 11) is 0. The number of nitrogens with zero attached hydrogens (tertiary/aromatic N) is 3. The predicted octanol–water partition coefficient (Wildman–Crippen LogP) is 2.20. The molecule has 5 heteroatoms. The first-order valence-corrected chi connectivity index (χ1v) is 8.77. The van der Waals surface area contributed by atoms with Crippen LogP contribution in [-0.2, 0) is 0 Å². The second kappa shape index (κ2) is 7.76. The summed E-state index contributed by atoms with van der Waals surface area (Å²) >= 11 is 0. The van der Waals surface area contributed by atoms with E-state index in [0.29, 0.717) is 25.2 Å². The van der Waals surface area contributed by atoms with E-state index in [-0.39, 0.29) is 12.0 Å². The van der Waals surface area contributed by atoms with Crippen molar-refractivity contribution in [2.24, 2.45) is 0 Å². The van der Waals surface area contributed by atoms with Crippen LogP contribution >= 0.6 is 0 Å². The summed E-state index contributed by atoms with van der Waals surface area (Å²) in [4.78, 5) is 21.5. The van der Waals surface area contributed by atoms with Gasteiger partial charge in [-0.3, -0.25) is 14.7 Å². The number of hydrogen-bond donors (Lipinski definition) is 1. The van der Waals surface area contributed by atoms with E-state index in [2.05, 4.69) is 9.88 Å². The number of pyridine rings is 1. The summed E-state index contributed by atoms with van der Waals surface area (Å²) in [6.45, 7) is 7.31. The minimum absolute atomic E-state index is 0.0429. The smallest absolute Gasteiger partial charge is 0.255 e. The lowest BCUT2D eigenvalue weighted by molar-refractivity contribution is 0.0553. The topological polar surface area (TPSA) is 56.7 Å². The average Bonchev–Trinajstić information content (AvgIpc) is 2.62. The van der Waals surface area contributed by atoms with Crippen LogP contribution in [0, 0.1) is 6.92 Å². The van der Waals surface area contributed by atoms with Gasteiger partial charge in [-0.25, -0.2) is 0 Å². The van der Waals surface area contributed by atoms with Crippen molar-refractivity contribution in [1.29, 1.82) is 0 Å². The number of hydrogen-bond acceptors (Lipinski definition) is 4. The number of carbonyl (C=O) groups is 1. The van der Waals surface area contributed by atoms with Crippen LogP contribution in [0.15, 0.2) is 42.5 Å². The van der Waals surface area contributed by atoms with E-state index in [1.54, 1.807) is 6.92 Å². The van der Waals surface area contributed by atoms with Crippen molar-refractivity contribution >= 4 is 5.91 Å². The fourth-order valence-electron chi connectivity index (χ4n) is 3.23. The molecule has 25 heavy (non-hydrogen) atoms. The zero-order valence-corrected chi connectivity index (χ0v) is 14.9. The molecular weight excluding hydrogens is 314 g/mol. The normalized spacial score (nSPS) is 16.7. The second-order valence-electron chi connectivity index (χ2n) is 6.64. The van der Waals surface area contributed by atoms with Crippen LogP contribution in [0.4, 0.5) is 0 Å². The molecule has 1 aromatic heterocycles. The average molecular weight is 339 g/mol. The molecule has 1 aliphatic rings. The molecule has 2 aromatic rings. The lowest BCUT2D eigenvalue weighted by atomic mass is 10.1. The quantitative estimate of drug-likeness (QED) is 0.928. The SMILES string of the molecule is Cc1nc(-c2ccccc2)ccc1C(=O)N1CCN(CC(C)O)CC1. The molecule has 1 atom stereocenters. The monoisotopic (exact) mass is 339 g/mol. The van der Waals surface area contributed by atoms with E-state index in [0.717, 1.165) is 30.0 Å². The largest absolute Gasteiger partial charge is 0.392 e. The van der Waals surface area contributed by atoms with Crippen LogP contribution in [0.5, 0.6) is 0 Å². The van der Waals surface area contributed by atoms with Crippen LogP contribution in [0.25, 0.3) is 11.3 Å². The third-order valence-corrected chi connectivity index (χ3v) is 4.57. The molecule has 1 unspecified atom stereocenters. The van der Waals surface area contributed by atoms with Gasteiger partial charge in [-0.1, -0.05) is 30.3 Å². The first-order valence-electron chi connectivity index (χ1n) is 8.77. The predicted molar refractivity (Wildman–Crippen MR) is 98.4 cm³/mol. The molecule has 0 radical (unpaired) electrons. The van der Waals surface area contributed by atoms with Crippen LogP contribution in [0.1, 0.15) is 23.0 Å². The summed E-state index contributed by atoms with van der Waals surface area (Å²) in [5.41, 5.74) is 3.37. The lowest BCUT2D eigenvalue weighted by Gasteiger charge is -2.35. The van der Waals surface area contributed by atoms with Gasteiger partial charge in [0.05, 0.1) is 23.1 Å². The lowest BCUT2D eigenvalue weighted by Crippen LogP contribution is -2.50. The van der Waals surface area contributed by atoms with Crippen LogP contribution in [0.2, 0.25) is 0 Å². The summed E-state index contributed by atoms with van der Waals surface area (Å²) in [6, 6.07) is 13.8. The number of piperazine rings is 1. The van der Waals surface area contributed by atoms with Crippen LogP contribution < -0.4 is 0 Å². The van der Waals surface area contributed by atoms with Crippen LogP contribution in [0.3, 0.4) is 0 Å². The zero-order chi connectivity index (χ0) is 17.8. The number of aromatic nitrogens is 1. The number of β-amino-alcohol motifs (C(OH)–C–C–N with tert-alkyl or cyclic N) is 1. The molecule has 1 amide bonds. The van der Waals surface area contributed by atoms with Gasteiger partial charge in [0.15, 0.2) is 0 Å². The second-order valence-corrected chi connectivity index (χ2v) is 6.64. The molecule has 0 bridgehead atoms. The van der Waals surface area contributed by atoms with Crippen molar-refractivity contribution in [2.45, 2.75) is 20.0 Å². The Morgan fingerprint density at radius 2 is 1.80 bits per heavy atom. The van der Waals surface area contributed by atoms with Gasteiger partial charge in [0, 0.05) is 38.3 Å². The minimum Gasteiger partial charge on any atom is -0.392 e. The zero-order valence-electron chi connectivity index (χ0n) is 14.9.